The number of hydrogen-bond donors (Lipinski definition) is 1. The molecule has 0 saturated carbocycles. The maximum Gasteiger partial charge on any atom is 0.216 e. The first-order valence-corrected chi connectivity index (χ1v) is 4.74. The first-order chi connectivity index (χ1) is 6.15. The van der Waals surface area contributed by atoms with Crippen LogP contribution in [0.3, 0.4) is 0 Å². The first-order valence-electron chi connectivity index (χ1n) is 4.33. The number of aromatic nitrogens is 3. The van der Waals surface area contributed by atoms with Gasteiger partial charge >= 0.3 is 0 Å². The number of hydrogen-bond acceptors (Lipinski definition) is 3. The van der Waals surface area contributed by atoms with Crippen molar-refractivity contribution < 1.29 is 0 Å². The molecule has 0 aliphatic carbocycles. The molecule has 0 unspecified atom stereocenters. The molecule has 0 bridgehead atoms. The Morgan fingerprint density at radius 3 is 2.85 bits per heavy atom. The average Bonchev–Trinajstić information content (AvgIpc) is 2.36. The van der Waals surface area contributed by atoms with Crippen LogP contribution in [0.15, 0.2) is 5.10 Å². The van der Waals surface area contributed by atoms with Gasteiger partial charge in [0.05, 0.1) is 0 Å². The lowest BCUT2D eigenvalue weighted by atomic mass is 10.3. The average molecular weight is 198 g/mol. The summed E-state index contributed by atoms with van der Waals surface area (Å²) in [6, 6.07) is 0. The summed E-state index contributed by atoms with van der Waals surface area (Å²) >= 11 is 5.04. The van der Waals surface area contributed by atoms with Crippen molar-refractivity contribution in [2.24, 2.45) is 5.10 Å². The zero-order valence-electron chi connectivity index (χ0n) is 8.16. The van der Waals surface area contributed by atoms with E-state index < -0.39 is 0 Å². The smallest absolute Gasteiger partial charge is 0.216 e. The molecule has 4 nitrogen and oxygen atoms in total. The van der Waals surface area contributed by atoms with Crippen LogP contribution in [0, 0.1) is 4.77 Å². The van der Waals surface area contributed by atoms with Crippen molar-refractivity contribution >= 4 is 17.9 Å². The van der Waals surface area contributed by atoms with E-state index in [-0.39, 0.29) is 0 Å². The lowest BCUT2D eigenvalue weighted by molar-refractivity contribution is 0.736. The number of aromatic amines is 1. The molecule has 1 aromatic rings. The topological polar surface area (TPSA) is 46.0 Å². The largest absolute Gasteiger partial charge is 0.250 e. The van der Waals surface area contributed by atoms with Crippen LogP contribution in [-0.4, -0.2) is 20.6 Å². The van der Waals surface area contributed by atoms with Crippen molar-refractivity contribution in [1.82, 2.24) is 14.9 Å². The maximum absolute atomic E-state index is 5.04. The molecule has 1 heterocycles. The molecule has 1 aromatic heterocycles. The predicted octanol–water partition coefficient (Wildman–Crippen LogP) is 2.14. The number of nitrogens with one attached hydrogen (secondary N) is 1. The van der Waals surface area contributed by atoms with E-state index in [0.29, 0.717) is 4.77 Å². The Balaban J connectivity index is 3.09. The SMILES string of the molecule is CCCc1n[nH]c(=S)n1N=C(C)C. The minimum Gasteiger partial charge on any atom is -0.250 e. The number of H-pyrrole nitrogens is 1. The van der Waals surface area contributed by atoms with Gasteiger partial charge in [-0.3, -0.25) is 5.10 Å². The molecule has 1 N–H and O–H groups in total. The molecule has 0 spiro atoms. The molecule has 72 valence electrons. The number of nitrogens with zero attached hydrogens (tertiary/aromatic N) is 3. The minimum absolute atomic E-state index is 0.560. The summed E-state index contributed by atoms with van der Waals surface area (Å²) in [6.07, 6.45) is 1.93. The van der Waals surface area contributed by atoms with Gasteiger partial charge in [-0.2, -0.15) is 14.9 Å². The highest BCUT2D eigenvalue weighted by atomic mass is 32.1. The first kappa shape index (κ1) is 10.1. The van der Waals surface area contributed by atoms with Crippen LogP contribution < -0.4 is 0 Å². The van der Waals surface area contributed by atoms with Crippen LogP contribution in [0.1, 0.15) is 33.0 Å². The molecular weight excluding hydrogens is 184 g/mol. The van der Waals surface area contributed by atoms with Crippen molar-refractivity contribution in [3.8, 4) is 0 Å². The maximum atomic E-state index is 5.04. The highest BCUT2D eigenvalue weighted by Crippen LogP contribution is 2.01. The summed E-state index contributed by atoms with van der Waals surface area (Å²) < 4.78 is 2.25. The fourth-order valence-corrected chi connectivity index (χ4v) is 1.20. The summed E-state index contributed by atoms with van der Waals surface area (Å²) in [5.74, 6) is 0.897. The summed E-state index contributed by atoms with van der Waals surface area (Å²) in [5.41, 5.74) is 0.967. The quantitative estimate of drug-likeness (QED) is 0.597. The zero-order valence-corrected chi connectivity index (χ0v) is 8.98. The van der Waals surface area contributed by atoms with E-state index in [1.807, 2.05) is 13.8 Å². The highest BCUT2D eigenvalue weighted by molar-refractivity contribution is 7.71. The second-order valence-electron chi connectivity index (χ2n) is 3.05. The second kappa shape index (κ2) is 4.32. The standard InChI is InChI=1S/C8H14N4S/c1-4-5-7-9-10-8(13)12(7)11-6(2)3/h4-5H2,1-3H3,(H,10,13). The molecule has 13 heavy (non-hydrogen) atoms. The third-order valence-corrected chi connectivity index (χ3v) is 1.76. The number of aryl methyl sites for hydroxylation is 1. The van der Waals surface area contributed by atoms with Crippen molar-refractivity contribution in [3.05, 3.63) is 10.6 Å². The van der Waals surface area contributed by atoms with Crippen molar-refractivity contribution in [3.63, 3.8) is 0 Å². The van der Waals surface area contributed by atoms with E-state index in [9.17, 15) is 0 Å². The fraction of sp³-hybridized carbons (Fsp3) is 0.625. The van der Waals surface area contributed by atoms with Crippen LogP contribution in [0.4, 0.5) is 0 Å². The van der Waals surface area contributed by atoms with E-state index in [1.165, 1.54) is 0 Å². The lowest BCUT2D eigenvalue weighted by Gasteiger charge is -1.98. The Kier molecular flexibility index (Phi) is 3.36. The third kappa shape index (κ3) is 2.48. The predicted molar refractivity (Wildman–Crippen MR) is 55.6 cm³/mol. The van der Waals surface area contributed by atoms with Gasteiger partial charge in [-0.1, -0.05) is 6.92 Å². The van der Waals surface area contributed by atoms with Gasteiger partial charge < -0.3 is 0 Å². The van der Waals surface area contributed by atoms with E-state index in [4.69, 9.17) is 12.2 Å². The van der Waals surface area contributed by atoms with Crippen LogP contribution in [-0.2, 0) is 6.42 Å². The summed E-state index contributed by atoms with van der Waals surface area (Å²) in [4.78, 5) is 0. The molecule has 0 radical (unpaired) electrons. The molecular formula is C8H14N4S. The molecule has 0 aliphatic rings. The third-order valence-electron chi connectivity index (χ3n) is 1.49. The Bertz CT molecular complexity index is 356. The van der Waals surface area contributed by atoms with Gasteiger partial charge in [0.15, 0.2) is 5.82 Å². The van der Waals surface area contributed by atoms with E-state index >= 15 is 0 Å². The molecule has 0 amide bonds. The van der Waals surface area contributed by atoms with Gasteiger partial charge in [-0.15, -0.1) is 0 Å². The lowest BCUT2D eigenvalue weighted by Crippen LogP contribution is -2.00. The van der Waals surface area contributed by atoms with E-state index in [1.54, 1.807) is 4.68 Å². The number of rotatable bonds is 3. The zero-order chi connectivity index (χ0) is 9.84. The highest BCUT2D eigenvalue weighted by Gasteiger charge is 2.02. The van der Waals surface area contributed by atoms with Gasteiger partial charge in [0.1, 0.15) is 0 Å². The molecule has 0 atom stereocenters. The second-order valence-corrected chi connectivity index (χ2v) is 3.44. The molecule has 0 fully saturated rings. The van der Waals surface area contributed by atoms with Crippen LogP contribution in [0.25, 0.3) is 0 Å². The van der Waals surface area contributed by atoms with Crippen molar-refractivity contribution in [2.45, 2.75) is 33.6 Å². The summed E-state index contributed by atoms with van der Waals surface area (Å²) in [6.45, 7) is 5.97. The van der Waals surface area contributed by atoms with Gasteiger partial charge in [0.2, 0.25) is 4.77 Å². The van der Waals surface area contributed by atoms with Crippen molar-refractivity contribution in [2.75, 3.05) is 0 Å². The van der Waals surface area contributed by atoms with Gasteiger partial charge in [-0.05, 0) is 32.5 Å². The molecule has 5 heteroatoms. The van der Waals surface area contributed by atoms with Gasteiger partial charge in [0.25, 0.3) is 0 Å². The normalized spacial score (nSPS) is 10.1. The Morgan fingerprint density at radius 1 is 1.62 bits per heavy atom. The monoisotopic (exact) mass is 198 g/mol. The van der Waals surface area contributed by atoms with Gasteiger partial charge in [-0.25, -0.2) is 0 Å². The van der Waals surface area contributed by atoms with Gasteiger partial charge in [0, 0.05) is 12.1 Å². The Hall–Kier alpha value is -0.970. The summed E-state index contributed by atoms with van der Waals surface area (Å²) in [7, 11) is 0. The molecule has 0 saturated heterocycles. The fourth-order valence-electron chi connectivity index (χ4n) is 1.01. The van der Waals surface area contributed by atoms with E-state index in [2.05, 4.69) is 22.2 Å². The summed E-state index contributed by atoms with van der Waals surface area (Å²) in [5, 5.41) is 11.1. The Morgan fingerprint density at radius 2 is 2.31 bits per heavy atom. The molecule has 0 aromatic carbocycles. The van der Waals surface area contributed by atoms with Crippen molar-refractivity contribution in [1.29, 1.82) is 0 Å². The van der Waals surface area contributed by atoms with Crippen LogP contribution in [0.2, 0.25) is 0 Å². The van der Waals surface area contributed by atoms with Crippen LogP contribution in [0.5, 0.6) is 0 Å². The minimum atomic E-state index is 0.560. The molecule has 0 aliphatic heterocycles. The van der Waals surface area contributed by atoms with Crippen LogP contribution >= 0.6 is 12.2 Å². The molecule has 1 rings (SSSR count). The van der Waals surface area contributed by atoms with E-state index in [0.717, 1.165) is 24.4 Å². The Labute approximate surface area is 82.7 Å².